The lowest BCUT2D eigenvalue weighted by Crippen LogP contribution is -2.40. The van der Waals surface area contributed by atoms with Gasteiger partial charge in [-0.1, -0.05) is 18.2 Å². The molecule has 0 saturated heterocycles. The second-order valence-electron chi connectivity index (χ2n) is 3.74. The zero-order valence-electron chi connectivity index (χ0n) is 9.34. The van der Waals surface area contributed by atoms with Crippen LogP contribution in [-0.2, 0) is 9.59 Å². The zero-order chi connectivity index (χ0) is 12.3. The summed E-state index contributed by atoms with van der Waals surface area (Å²) in [7, 11) is 0. The van der Waals surface area contributed by atoms with Crippen LogP contribution in [0.15, 0.2) is 40.4 Å². The van der Waals surface area contributed by atoms with E-state index in [0.717, 1.165) is 5.71 Å². The fraction of sp³-hybridized carbons (Fsp3) is 0.250. The summed E-state index contributed by atoms with van der Waals surface area (Å²) in [5, 5.41) is 2.67. The van der Waals surface area contributed by atoms with Crippen LogP contribution in [0.5, 0.6) is 0 Å². The molecule has 1 aliphatic carbocycles. The first-order valence-corrected chi connectivity index (χ1v) is 6.21. The number of carbonyl (C=O) groups is 2. The predicted octanol–water partition coefficient (Wildman–Crippen LogP) is 1.22. The molecule has 0 spiro atoms. The van der Waals surface area contributed by atoms with Crippen LogP contribution in [0.3, 0.4) is 0 Å². The molecule has 1 amide bonds. The molecule has 0 saturated carbocycles. The molecule has 2 aliphatic rings. The van der Waals surface area contributed by atoms with Gasteiger partial charge in [0.2, 0.25) is 0 Å². The van der Waals surface area contributed by atoms with Crippen LogP contribution < -0.4 is 5.32 Å². The van der Waals surface area contributed by atoms with Gasteiger partial charge in [0, 0.05) is 17.7 Å². The van der Waals surface area contributed by atoms with E-state index in [0.29, 0.717) is 10.7 Å². The fourth-order valence-corrected chi connectivity index (χ4v) is 2.16. The Morgan fingerprint density at radius 2 is 2.35 bits per heavy atom. The Morgan fingerprint density at radius 3 is 3.00 bits per heavy atom. The number of amides is 1. The van der Waals surface area contributed by atoms with Crippen LogP contribution in [0.4, 0.5) is 0 Å². The van der Waals surface area contributed by atoms with Crippen molar-refractivity contribution >= 4 is 29.2 Å². The van der Waals surface area contributed by atoms with E-state index in [-0.39, 0.29) is 11.7 Å². The highest BCUT2D eigenvalue weighted by Gasteiger charge is 2.20. The van der Waals surface area contributed by atoms with Gasteiger partial charge in [-0.05, 0) is 13.0 Å². The van der Waals surface area contributed by atoms with Gasteiger partial charge in [0.05, 0.1) is 4.91 Å². The van der Waals surface area contributed by atoms with Crippen LogP contribution in [0.1, 0.15) is 6.92 Å². The topological polar surface area (TPSA) is 58.5 Å². The Bertz CT molecular complexity index is 475. The summed E-state index contributed by atoms with van der Waals surface area (Å²) in [5.41, 5.74) is 0.989. The first-order chi connectivity index (χ1) is 8.16. The van der Waals surface area contributed by atoms with Crippen molar-refractivity contribution in [1.82, 2.24) is 5.32 Å². The SMILES string of the molecule is CC1=NC=C(C(=O)NC2C=CC=CC2=O)SC1. The molecule has 2 rings (SSSR count). The molecule has 0 aromatic rings. The molecule has 0 radical (unpaired) electrons. The van der Waals surface area contributed by atoms with Crippen molar-refractivity contribution < 1.29 is 9.59 Å². The third-order valence-electron chi connectivity index (χ3n) is 2.33. The summed E-state index contributed by atoms with van der Waals surface area (Å²) in [6, 6.07) is -0.555. The van der Waals surface area contributed by atoms with Crippen molar-refractivity contribution in [2.24, 2.45) is 4.99 Å². The van der Waals surface area contributed by atoms with E-state index >= 15 is 0 Å². The van der Waals surface area contributed by atoms with Crippen molar-refractivity contribution in [3.05, 3.63) is 35.4 Å². The third-order valence-corrected chi connectivity index (χ3v) is 3.49. The van der Waals surface area contributed by atoms with Gasteiger partial charge in [0.25, 0.3) is 5.91 Å². The molecule has 1 heterocycles. The molecular weight excluding hydrogens is 236 g/mol. The van der Waals surface area contributed by atoms with E-state index in [1.165, 1.54) is 17.8 Å². The smallest absolute Gasteiger partial charge is 0.260 e. The highest BCUT2D eigenvalue weighted by Crippen LogP contribution is 2.20. The van der Waals surface area contributed by atoms with Crippen molar-refractivity contribution in [3.63, 3.8) is 0 Å². The molecule has 17 heavy (non-hydrogen) atoms. The van der Waals surface area contributed by atoms with E-state index in [1.54, 1.807) is 24.4 Å². The highest BCUT2D eigenvalue weighted by atomic mass is 32.2. The van der Waals surface area contributed by atoms with Crippen molar-refractivity contribution in [2.75, 3.05) is 5.75 Å². The predicted molar refractivity (Wildman–Crippen MR) is 68.9 cm³/mol. The van der Waals surface area contributed by atoms with Crippen LogP contribution >= 0.6 is 11.8 Å². The van der Waals surface area contributed by atoms with Gasteiger partial charge < -0.3 is 5.32 Å². The molecule has 0 aromatic carbocycles. The van der Waals surface area contributed by atoms with E-state index in [4.69, 9.17) is 0 Å². The van der Waals surface area contributed by atoms with Crippen molar-refractivity contribution in [2.45, 2.75) is 13.0 Å². The summed E-state index contributed by atoms with van der Waals surface area (Å²) >= 11 is 1.43. The van der Waals surface area contributed by atoms with Gasteiger partial charge in [-0.3, -0.25) is 14.6 Å². The Hall–Kier alpha value is -1.62. The number of allylic oxidation sites excluding steroid dienone is 2. The van der Waals surface area contributed by atoms with Gasteiger partial charge in [-0.2, -0.15) is 0 Å². The van der Waals surface area contributed by atoms with E-state index in [2.05, 4.69) is 10.3 Å². The third kappa shape index (κ3) is 2.94. The lowest BCUT2D eigenvalue weighted by molar-refractivity contribution is -0.122. The number of rotatable bonds is 2. The van der Waals surface area contributed by atoms with E-state index in [9.17, 15) is 9.59 Å². The lowest BCUT2D eigenvalue weighted by atomic mass is 10.1. The molecule has 0 aromatic heterocycles. The Kier molecular flexibility index (Phi) is 3.58. The van der Waals surface area contributed by atoms with Gasteiger partial charge >= 0.3 is 0 Å². The van der Waals surface area contributed by atoms with Crippen LogP contribution in [0.2, 0.25) is 0 Å². The normalized spacial score (nSPS) is 23.1. The monoisotopic (exact) mass is 248 g/mol. The molecule has 4 nitrogen and oxygen atoms in total. The van der Waals surface area contributed by atoms with Gasteiger partial charge in [0.1, 0.15) is 6.04 Å². The molecule has 1 aliphatic heterocycles. The van der Waals surface area contributed by atoms with Gasteiger partial charge in [-0.25, -0.2) is 0 Å². The summed E-state index contributed by atoms with van der Waals surface area (Å²) < 4.78 is 0. The number of ketones is 1. The molecule has 1 unspecified atom stereocenters. The van der Waals surface area contributed by atoms with E-state index in [1.807, 2.05) is 6.92 Å². The summed E-state index contributed by atoms with van der Waals surface area (Å²) in [4.78, 5) is 27.9. The van der Waals surface area contributed by atoms with Crippen LogP contribution in [0.25, 0.3) is 0 Å². The lowest BCUT2D eigenvalue weighted by Gasteiger charge is -2.16. The molecule has 0 fully saturated rings. The van der Waals surface area contributed by atoms with Crippen molar-refractivity contribution in [1.29, 1.82) is 0 Å². The molecule has 0 bridgehead atoms. The number of hydrogen-bond acceptors (Lipinski definition) is 4. The van der Waals surface area contributed by atoms with Gasteiger partial charge in [0.15, 0.2) is 5.78 Å². The highest BCUT2D eigenvalue weighted by molar-refractivity contribution is 8.04. The Labute approximate surface area is 104 Å². The molecule has 5 heteroatoms. The maximum absolute atomic E-state index is 11.8. The van der Waals surface area contributed by atoms with Crippen LogP contribution in [-0.4, -0.2) is 29.2 Å². The summed E-state index contributed by atoms with van der Waals surface area (Å²) in [6.07, 6.45) is 8.08. The Balaban J connectivity index is 2.00. The fourth-order valence-electron chi connectivity index (χ4n) is 1.41. The number of carbonyl (C=O) groups excluding carboxylic acids is 2. The second-order valence-corrected chi connectivity index (χ2v) is 4.76. The average Bonchev–Trinajstić information content (AvgIpc) is 2.33. The Morgan fingerprint density at radius 1 is 1.53 bits per heavy atom. The number of nitrogens with zero attached hydrogens (tertiary/aromatic N) is 1. The second kappa shape index (κ2) is 5.14. The number of aliphatic imine (C=N–C) groups is 1. The molecule has 1 N–H and O–H groups in total. The molecule has 1 atom stereocenters. The van der Waals surface area contributed by atoms with Crippen molar-refractivity contribution in [3.8, 4) is 0 Å². The van der Waals surface area contributed by atoms with Crippen LogP contribution in [0, 0.1) is 0 Å². The summed E-state index contributed by atoms with van der Waals surface area (Å²) in [5.74, 6) is 0.361. The number of thioether (sulfide) groups is 1. The quantitative estimate of drug-likeness (QED) is 0.799. The molecular formula is C12H12N2O2S. The zero-order valence-corrected chi connectivity index (χ0v) is 10.2. The molecule has 88 valence electrons. The largest absolute Gasteiger partial charge is 0.338 e. The summed E-state index contributed by atoms with van der Waals surface area (Å²) in [6.45, 7) is 1.91. The maximum atomic E-state index is 11.8. The number of nitrogens with one attached hydrogen (secondary N) is 1. The van der Waals surface area contributed by atoms with E-state index < -0.39 is 6.04 Å². The minimum absolute atomic E-state index is 0.109. The maximum Gasteiger partial charge on any atom is 0.260 e. The first kappa shape index (κ1) is 11.9. The minimum Gasteiger partial charge on any atom is -0.338 e. The van der Waals surface area contributed by atoms with Gasteiger partial charge in [-0.15, -0.1) is 11.8 Å². The standard InChI is InChI=1S/C12H12N2O2S/c1-8-7-17-11(6-13-8)12(16)14-9-4-2-3-5-10(9)15/h2-6,9H,7H2,1H3,(H,14,16). The number of hydrogen-bond donors (Lipinski definition) is 1. The first-order valence-electron chi connectivity index (χ1n) is 5.22. The average molecular weight is 248 g/mol. The minimum atomic E-state index is -0.555.